The van der Waals surface area contributed by atoms with E-state index in [1.165, 1.54) is 0 Å². The van der Waals surface area contributed by atoms with E-state index in [2.05, 4.69) is 0 Å². The molecule has 13 atom stereocenters. The standard InChI is InChI=1S/C18H37N5O8/c19-4-11-10(25)2-9(23)18(29-11)31-17-8(22)1-7(21)16(15(17)27)30-13-3-6(20)14(26)12(5-24)28-13/h6-18,24-27H,1-5,19-23H2/t6-,7+,8-,9+,10-,11+,12+,13+,14-,15+,16-,17+,18+/m0/s1. The maximum atomic E-state index is 11.0. The normalized spacial score (nSPS) is 51.6. The summed E-state index contributed by atoms with van der Waals surface area (Å²) in [5, 5.41) is 40.3. The Hall–Kier alpha value is -0.520. The highest BCUT2D eigenvalue weighted by Crippen LogP contribution is 2.30. The number of nitrogens with two attached hydrogens (primary N) is 5. The van der Waals surface area contributed by atoms with Gasteiger partial charge in [-0.15, -0.1) is 0 Å². The fourth-order valence-corrected chi connectivity index (χ4v) is 4.43. The van der Waals surface area contributed by atoms with Gasteiger partial charge in [-0.3, -0.25) is 0 Å². The van der Waals surface area contributed by atoms with Gasteiger partial charge in [-0.25, -0.2) is 0 Å². The zero-order chi connectivity index (χ0) is 22.9. The Morgan fingerprint density at radius 3 is 2.00 bits per heavy atom. The van der Waals surface area contributed by atoms with Crippen molar-refractivity contribution in [3.63, 3.8) is 0 Å². The van der Waals surface area contributed by atoms with Crippen LogP contribution in [0.3, 0.4) is 0 Å². The molecular formula is C18H37N5O8. The smallest absolute Gasteiger partial charge is 0.173 e. The zero-order valence-corrected chi connectivity index (χ0v) is 17.3. The van der Waals surface area contributed by atoms with Crippen LogP contribution in [0.5, 0.6) is 0 Å². The number of rotatable bonds is 6. The number of aliphatic hydroxyl groups excluding tert-OH is 4. The van der Waals surface area contributed by atoms with Gasteiger partial charge in [-0.05, 0) is 12.8 Å². The fourth-order valence-electron chi connectivity index (χ4n) is 4.43. The summed E-state index contributed by atoms with van der Waals surface area (Å²) in [6.45, 7) is -0.351. The predicted octanol–water partition coefficient (Wildman–Crippen LogP) is -5.27. The van der Waals surface area contributed by atoms with Crippen LogP contribution < -0.4 is 28.7 Å². The molecule has 31 heavy (non-hydrogen) atoms. The van der Waals surface area contributed by atoms with E-state index in [4.69, 9.17) is 47.6 Å². The minimum Gasteiger partial charge on any atom is -0.394 e. The van der Waals surface area contributed by atoms with Crippen molar-refractivity contribution in [1.82, 2.24) is 0 Å². The highest BCUT2D eigenvalue weighted by Gasteiger charge is 2.48. The molecule has 14 N–H and O–H groups in total. The molecule has 0 aromatic heterocycles. The molecule has 182 valence electrons. The summed E-state index contributed by atoms with van der Waals surface area (Å²) in [4.78, 5) is 0. The van der Waals surface area contributed by atoms with Crippen molar-refractivity contribution in [2.24, 2.45) is 28.7 Å². The number of hydrogen-bond acceptors (Lipinski definition) is 13. The minimum absolute atomic E-state index is 0.0841. The first-order valence-corrected chi connectivity index (χ1v) is 10.7. The van der Waals surface area contributed by atoms with E-state index >= 15 is 0 Å². The predicted molar refractivity (Wildman–Crippen MR) is 107 cm³/mol. The van der Waals surface area contributed by atoms with Crippen LogP contribution >= 0.6 is 0 Å². The van der Waals surface area contributed by atoms with Gasteiger partial charge < -0.3 is 68.0 Å². The van der Waals surface area contributed by atoms with Crippen LogP contribution in [-0.2, 0) is 18.9 Å². The Balaban J connectivity index is 1.66. The lowest BCUT2D eigenvalue weighted by atomic mass is 9.84. The molecule has 13 heteroatoms. The quantitative estimate of drug-likeness (QED) is 0.183. The van der Waals surface area contributed by atoms with Crippen molar-refractivity contribution < 1.29 is 39.4 Å². The molecule has 0 bridgehead atoms. The van der Waals surface area contributed by atoms with Gasteiger partial charge in [0.15, 0.2) is 12.6 Å². The van der Waals surface area contributed by atoms with Gasteiger partial charge in [-0.2, -0.15) is 0 Å². The SMILES string of the molecule is NC[C@H]1O[C@H](O[C@H]2[C@H](O)[C@@H](O[C@@H]3C[C@H](N)[C@H](O)[C@@H](CO)O3)[C@H](N)C[C@@H]2N)[C@H](N)C[C@@H]1O. The second-order valence-corrected chi connectivity index (χ2v) is 8.68. The van der Waals surface area contributed by atoms with Crippen molar-refractivity contribution in [3.05, 3.63) is 0 Å². The second-order valence-electron chi connectivity index (χ2n) is 8.68. The molecule has 0 aromatic carbocycles. The van der Waals surface area contributed by atoms with Gasteiger partial charge >= 0.3 is 0 Å². The maximum Gasteiger partial charge on any atom is 0.173 e. The van der Waals surface area contributed by atoms with E-state index in [1.807, 2.05) is 0 Å². The third kappa shape index (κ3) is 5.52. The van der Waals surface area contributed by atoms with Crippen molar-refractivity contribution in [1.29, 1.82) is 0 Å². The summed E-state index contributed by atoms with van der Waals surface area (Å²) in [5.41, 5.74) is 30.0. The van der Waals surface area contributed by atoms with E-state index in [1.54, 1.807) is 0 Å². The molecule has 1 saturated carbocycles. The summed E-state index contributed by atoms with van der Waals surface area (Å²) in [6, 6.07) is -2.55. The summed E-state index contributed by atoms with van der Waals surface area (Å²) in [5.74, 6) is 0. The fraction of sp³-hybridized carbons (Fsp3) is 1.00. The first-order valence-electron chi connectivity index (χ1n) is 10.7. The molecular weight excluding hydrogens is 414 g/mol. The number of aliphatic hydroxyl groups is 4. The van der Waals surface area contributed by atoms with Crippen LogP contribution in [0.1, 0.15) is 19.3 Å². The molecule has 13 nitrogen and oxygen atoms in total. The lowest BCUT2D eigenvalue weighted by Gasteiger charge is -2.47. The lowest BCUT2D eigenvalue weighted by Crippen LogP contribution is -2.66. The molecule has 3 aliphatic rings. The molecule has 1 aliphatic carbocycles. The molecule has 0 spiro atoms. The van der Waals surface area contributed by atoms with E-state index < -0.39 is 86.1 Å². The first kappa shape index (κ1) is 25.1. The number of hydrogen-bond donors (Lipinski definition) is 9. The van der Waals surface area contributed by atoms with Crippen LogP contribution in [0.2, 0.25) is 0 Å². The molecule has 0 aromatic rings. The zero-order valence-electron chi connectivity index (χ0n) is 17.3. The van der Waals surface area contributed by atoms with Crippen LogP contribution in [0.25, 0.3) is 0 Å². The lowest BCUT2D eigenvalue weighted by molar-refractivity contribution is -0.294. The third-order valence-corrected chi connectivity index (χ3v) is 6.29. The summed E-state index contributed by atoms with van der Waals surface area (Å²) < 4.78 is 23.1. The third-order valence-electron chi connectivity index (χ3n) is 6.29. The molecule has 3 fully saturated rings. The average Bonchev–Trinajstić information content (AvgIpc) is 2.72. The van der Waals surface area contributed by atoms with Crippen molar-refractivity contribution in [3.8, 4) is 0 Å². The molecule has 2 saturated heterocycles. The van der Waals surface area contributed by atoms with E-state index in [0.29, 0.717) is 0 Å². The van der Waals surface area contributed by atoms with Gasteiger partial charge in [0.1, 0.15) is 24.4 Å². The monoisotopic (exact) mass is 451 g/mol. The van der Waals surface area contributed by atoms with Crippen LogP contribution in [0.4, 0.5) is 0 Å². The molecule has 2 aliphatic heterocycles. The van der Waals surface area contributed by atoms with Crippen LogP contribution in [-0.4, -0.2) is 113 Å². The van der Waals surface area contributed by atoms with Gasteiger partial charge in [0.05, 0.1) is 31.0 Å². The van der Waals surface area contributed by atoms with Gasteiger partial charge in [0.25, 0.3) is 0 Å². The van der Waals surface area contributed by atoms with Gasteiger partial charge in [-0.1, -0.05) is 0 Å². The Kier molecular flexibility index (Phi) is 8.59. The summed E-state index contributed by atoms with van der Waals surface area (Å²) >= 11 is 0. The van der Waals surface area contributed by atoms with E-state index in [0.717, 1.165) is 0 Å². The molecule has 0 amide bonds. The largest absolute Gasteiger partial charge is 0.394 e. The highest BCUT2D eigenvalue weighted by atomic mass is 16.7. The topological polar surface area (TPSA) is 248 Å². The minimum atomic E-state index is -1.24. The first-order chi connectivity index (χ1) is 14.7. The summed E-state index contributed by atoms with van der Waals surface area (Å²) in [7, 11) is 0. The van der Waals surface area contributed by atoms with Crippen LogP contribution in [0, 0.1) is 0 Å². The van der Waals surface area contributed by atoms with Crippen LogP contribution in [0.15, 0.2) is 0 Å². The average molecular weight is 452 g/mol. The van der Waals surface area contributed by atoms with E-state index in [9.17, 15) is 20.4 Å². The van der Waals surface area contributed by atoms with Crippen molar-refractivity contribution >= 4 is 0 Å². The number of ether oxygens (including phenoxy) is 4. The molecule has 3 rings (SSSR count). The molecule has 0 unspecified atom stereocenters. The molecule has 2 heterocycles. The Bertz CT molecular complexity index is 579. The highest BCUT2D eigenvalue weighted by molar-refractivity contribution is 5.00. The maximum absolute atomic E-state index is 11.0. The van der Waals surface area contributed by atoms with Gasteiger partial charge in [0, 0.05) is 31.1 Å². The second kappa shape index (κ2) is 10.6. The Morgan fingerprint density at radius 2 is 1.39 bits per heavy atom. The van der Waals surface area contributed by atoms with Crippen molar-refractivity contribution in [2.75, 3.05) is 13.2 Å². The summed E-state index contributed by atoms with van der Waals surface area (Å²) in [6.07, 6.45) is -7.61. The molecule has 0 radical (unpaired) electrons. The van der Waals surface area contributed by atoms with Gasteiger partial charge in [0.2, 0.25) is 0 Å². The Morgan fingerprint density at radius 1 is 0.742 bits per heavy atom. The van der Waals surface area contributed by atoms with E-state index in [-0.39, 0.29) is 25.8 Å². The van der Waals surface area contributed by atoms with Crippen molar-refractivity contribution in [2.45, 2.75) is 98.7 Å². The Labute approximate surface area is 180 Å².